The molecule has 3 aromatic rings. The maximum Gasteiger partial charge on any atom is 0.339 e. The zero-order valence-corrected chi connectivity index (χ0v) is 17.1. The van der Waals surface area contributed by atoms with E-state index >= 15 is 0 Å². The first kappa shape index (κ1) is 21.4. The van der Waals surface area contributed by atoms with E-state index in [4.69, 9.17) is 4.74 Å². The molecule has 1 amide bonds. The number of esters is 1. The van der Waals surface area contributed by atoms with Gasteiger partial charge in [-0.15, -0.1) is 0 Å². The smallest absolute Gasteiger partial charge is 0.339 e. The van der Waals surface area contributed by atoms with Gasteiger partial charge in [0.2, 0.25) is 5.75 Å². The van der Waals surface area contributed by atoms with E-state index < -0.39 is 29.1 Å². The van der Waals surface area contributed by atoms with Gasteiger partial charge in [0.15, 0.2) is 11.5 Å². The number of nitrogens with one attached hydrogen (secondary N) is 1. The van der Waals surface area contributed by atoms with Crippen molar-refractivity contribution < 1.29 is 29.6 Å². The van der Waals surface area contributed by atoms with Crippen LogP contribution in [0.15, 0.2) is 47.6 Å². The third-order valence-corrected chi connectivity index (χ3v) is 4.71. The fraction of sp³-hybridized carbons (Fsp3) is 0.136. The number of methoxy groups -OCH3 is 1. The number of rotatable bonds is 5. The molecule has 0 aliphatic carbocycles. The summed E-state index contributed by atoms with van der Waals surface area (Å²) in [4.78, 5) is 24.8. The number of carbonyl (C=O) groups is 2. The number of benzene rings is 2. The fourth-order valence-electron chi connectivity index (χ4n) is 3.10. The van der Waals surface area contributed by atoms with E-state index in [2.05, 4.69) is 10.5 Å². The Morgan fingerprint density at radius 2 is 1.68 bits per heavy atom. The van der Waals surface area contributed by atoms with Crippen LogP contribution in [0.1, 0.15) is 37.7 Å². The second kappa shape index (κ2) is 8.62. The molecule has 0 radical (unpaired) electrons. The third-order valence-electron chi connectivity index (χ3n) is 4.71. The minimum Gasteiger partial charge on any atom is -0.504 e. The Hall–Kier alpha value is -4.27. The van der Waals surface area contributed by atoms with Crippen LogP contribution in [0.4, 0.5) is 0 Å². The molecule has 2 aromatic carbocycles. The number of hydrazone groups is 1. The molecule has 0 aliphatic heterocycles. The molecule has 160 valence electrons. The van der Waals surface area contributed by atoms with Crippen LogP contribution in [-0.4, -0.2) is 45.1 Å². The highest BCUT2D eigenvalue weighted by molar-refractivity contribution is 5.99. The van der Waals surface area contributed by atoms with Gasteiger partial charge in [0.05, 0.1) is 24.6 Å². The molecule has 1 heterocycles. The average Bonchev–Trinajstić information content (AvgIpc) is 3.10. The summed E-state index contributed by atoms with van der Waals surface area (Å²) in [5.74, 6) is -2.82. The number of hydrogen-bond donors (Lipinski definition) is 4. The van der Waals surface area contributed by atoms with Gasteiger partial charge in [0, 0.05) is 22.5 Å². The number of nitrogens with zero attached hydrogens (tertiary/aromatic N) is 2. The predicted molar refractivity (Wildman–Crippen MR) is 113 cm³/mol. The summed E-state index contributed by atoms with van der Waals surface area (Å²) in [6.07, 6.45) is 1.12. The van der Waals surface area contributed by atoms with Gasteiger partial charge in [-0.3, -0.25) is 4.79 Å². The van der Waals surface area contributed by atoms with Gasteiger partial charge in [-0.2, -0.15) is 5.10 Å². The Bertz CT molecular complexity index is 1180. The van der Waals surface area contributed by atoms with Crippen LogP contribution < -0.4 is 5.43 Å². The number of hydrogen-bond acceptors (Lipinski definition) is 7. The zero-order valence-electron chi connectivity index (χ0n) is 17.1. The molecule has 9 heteroatoms. The monoisotopic (exact) mass is 423 g/mol. The van der Waals surface area contributed by atoms with Crippen LogP contribution in [0.25, 0.3) is 5.69 Å². The van der Waals surface area contributed by atoms with E-state index in [0.717, 1.165) is 17.6 Å². The standard InChI is InChI=1S/C22H21N3O6/c1-12-4-5-13(2)25(12)17-10-14(6-8-16(17)22(30)31-3)21(29)24-23-11-15-7-9-18(26)20(28)19(15)27/h4-11,26-28H,1-3H3,(H,24,29). The predicted octanol–water partition coefficient (Wildman–Crippen LogP) is 2.76. The highest BCUT2D eigenvalue weighted by atomic mass is 16.5. The van der Waals surface area contributed by atoms with Crippen LogP contribution in [0, 0.1) is 13.8 Å². The lowest BCUT2D eigenvalue weighted by molar-refractivity contribution is 0.0600. The summed E-state index contributed by atoms with van der Waals surface area (Å²) in [6.45, 7) is 3.76. The summed E-state index contributed by atoms with van der Waals surface area (Å²) >= 11 is 0. The third kappa shape index (κ3) is 4.20. The van der Waals surface area contributed by atoms with Gasteiger partial charge in [-0.1, -0.05) is 0 Å². The van der Waals surface area contributed by atoms with Crippen molar-refractivity contribution in [2.75, 3.05) is 7.11 Å². The Morgan fingerprint density at radius 1 is 1.00 bits per heavy atom. The average molecular weight is 423 g/mol. The quantitative estimate of drug-likeness (QED) is 0.216. The molecule has 0 saturated carbocycles. The molecule has 0 atom stereocenters. The number of aromatic nitrogens is 1. The van der Waals surface area contributed by atoms with Crippen molar-refractivity contribution in [2.24, 2.45) is 5.10 Å². The second-order valence-corrected chi connectivity index (χ2v) is 6.75. The van der Waals surface area contributed by atoms with Crippen molar-refractivity contribution in [1.29, 1.82) is 0 Å². The minimum atomic E-state index is -0.684. The summed E-state index contributed by atoms with van der Waals surface area (Å²) < 4.78 is 6.70. The normalized spacial score (nSPS) is 10.9. The number of aryl methyl sites for hydroxylation is 2. The van der Waals surface area contributed by atoms with E-state index in [1.54, 1.807) is 6.07 Å². The summed E-state index contributed by atoms with van der Waals surface area (Å²) in [5, 5.41) is 32.5. The molecule has 0 bridgehead atoms. The van der Waals surface area contributed by atoms with Gasteiger partial charge in [0.25, 0.3) is 5.91 Å². The van der Waals surface area contributed by atoms with Crippen molar-refractivity contribution in [3.05, 3.63) is 70.5 Å². The molecule has 0 fully saturated rings. The minimum absolute atomic E-state index is 0.0934. The Balaban J connectivity index is 1.91. The Kier molecular flexibility index (Phi) is 5.96. The fourth-order valence-corrected chi connectivity index (χ4v) is 3.10. The van der Waals surface area contributed by atoms with Gasteiger partial charge in [-0.25, -0.2) is 10.2 Å². The number of phenolic OH excluding ortho intramolecular Hbond substituents is 3. The Morgan fingerprint density at radius 3 is 2.32 bits per heavy atom. The van der Waals surface area contributed by atoms with Crippen molar-refractivity contribution in [2.45, 2.75) is 13.8 Å². The lowest BCUT2D eigenvalue weighted by Crippen LogP contribution is -2.19. The maximum atomic E-state index is 12.6. The number of carbonyl (C=O) groups excluding carboxylic acids is 2. The van der Waals surface area contributed by atoms with Crippen LogP contribution in [-0.2, 0) is 4.74 Å². The SMILES string of the molecule is COC(=O)c1ccc(C(=O)NN=Cc2ccc(O)c(O)c2O)cc1-n1c(C)ccc1C. The number of aromatic hydroxyl groups is 3. The molecule has 0 spiro atoms. The van der Waals surface area contributed by atoms with Crippen molar-refractivity contribution in [1.82, 2.24) is 9.99 Å². The lowest BCUT2D eigenvalue weighted by Gasteiger charge is -2.15. The first-order chi connectivity index (χ1) is 14.7. The van der Waals surface area contributed by atoms with Crippen LogP contribution in [0.5, 0.6) is 17.2 Å². The Labute approximate surface area is 177 Å². The van der Waals surface area contributed by atoms with Crippen LogP contribution >= 0.6 is 0 Å². The topological polar surface area (TPSA) is 133 Å². The lowest BCUT2D eigenvalue weighted by atomic mass is 10.1. The zero-order chi connectivity index (χ0) is 22.7. The van der Waals surface area contributed by atoms with Gasteiger partial charge in [-0.05, 0) is 56.3 Å². The largest absolute Gasteiger partial charge is 0.504 e. The van der Waals surface area contributed by atoms with E-state index in [0.29, 0.717) is 11.3 Å². The summed E-state index contributed by atoms with van der Waals surface area (Å²) in [6, 6.07) is 10.8. The first-order valence-corrected chi connectivity index (χ1v) is 9.19. The molecule has 4 N–H and O–H groups in total. The van der Waals surface area contributed by atoms with Crippen LogP contribution in [0.2, 0.25) is 0 Å². The van der Waals surface area contributed by atoms with E-state index in [-0.39, 0.29) is 11.1 Å². The number of phenols is 3. The highest BCUT2D eigenvalue weighted by Gasteiger charge is 2.18. The van der Waals surface area contributed by atoms with Gasteiger partial charge < -0.3 is 24.6 Å². The first-order valence-electron chi connectivity index (χ1n) is 9.19. The molecule has 3 rings (SSSR count). The number of ether oxygens (including phenoxy) is 1. The highest BCUT2D eigenvalue weighted by Crippen LogP contribution is 2.36. The molecular weight excluding hydrogens is 402 g/mol. The summed E-state index contributed by atoms with van der Waals surface area (Å²) in [5.41, 5.74) is 5.20. The molecule has 9 nitrogen and oxygen atoms in total. The molecular formula is C22H21N3O6. The van der Waals surface area contributed by atoms with E-state index in [1.165, 1.54) is 31.4 Å². The van der Waals surface area contributed by atoms with Crippen molar-refractivity contribution in [3.63, 3.8) is 0 Å². The van der Waals surface area contributed by atoms with Crippen LogP contribution in [0.3, 0.4) is 0 Å². The molecule has 0 saturated heterocycles. The van der Waals surface area contributed by atoms with Gasteiger partial charge >= 0.3 is 5.97 Å². The van der Waals surface area contributed by atoms with E-state index in [1.807, 2.05) is 30.5 Å². The molecule has 0 aliphatic rings. The second-order valence-electron chi connectivity index (χ2n) is 6.75. The van der Waals surface area contributed by atoms with Crippen molar-refractivity contribution >= 4 is 18.1 Å². The maximum absolute atomic E-state index is 12.6. The van der Waals surface area contributed by atoms with E-state index in [9.17, 15) is 24.9 Å². The van der Waals surface area contributed by atoms with Crippen molar-refractivity contribution in [3.8, 4) is 22.9 Å². The molecule has 31 heavy (non-hydrogen) atoms. The van der Waals surface area contributed by atoms with Gasteiger partial charge in [0.1, 0.15) is 0 Å². The number of amides is 1. The molecule has 0 unspecified atom stereocenters. The molecule has 1 aromatic heterocycles. The summed E-state index contributed by atoms with van der Waals surface area (Å²) in [7, 11) is 1.29.